The molecular weight excluding hydrogens is 288 g/mol. The summed E-state index contributed by atoms with van der Waals surface area (Å²) in [7, 11) is 0. The van der Waals surface area contributed by atoms with E-state index in [1.807, 2.05) is 6.07 Å². The van der Waals surface area contributed by atoms with E-state index in [9.17, 15) is 15.3 Å². The van der Waals surface area contributed by atoms with Gasteiger partial charge in [-0.05, 0) is 73.1 Å². The normalized spacial score (nSPS) is 44.8. The van der Waals surface area contributed by atoms with Crippen LogP contribution in [0.5, 0.6) is 5.75 Å². The third-order valence-electron chi connectivity index (χ3n) is 7.15. The van der Waals surface area contributed by atoms with Crippen LogP contribution in [0.4, 0.5) is 0 Å². The van der Waals surface area contributed by atoms with E-state index in [0.717, 1.165) is 24.8 Å². The van der Waals surface area contributed by atoms with Crippen molar-refractivity contribution in [1.82, 2.24) is 0 Å². The summed E-state index contributed by atoms with van der Waals surface area (Å²) in [5, 5.41) is 31.2. The largest absolute Gasteiger partial charge is 0.508 e. The smallest absolute Gasteiger partial charge is 0.130 e. The molecule has 3 nitrogen and oxygen atoms in total. The Bertz CT molecular complexity index is 691. The first kappa shape index (κ1) is 15.1. The maximum atomic E-state index is 10.9. The first-order valence-electron chi connectivity index (χ1n) is 8.60. The molecule has 23 heavy (non-hydrogen) atoms. The summed E-state index contributed by atoms with van der Waals surface area (Å²) >= 11 is 0. The fourth-order valence-corrected chi connectivity index (χ4v) is 5.83. The minimum absolute atomic E-state index is 0.212. The number of rotatable bonds is 0. The monoisotopic (exact) mass is 312 g/mol. The van der Waals surface area contributed by atoms with E-state index in [1.165, 1.54) is 5.56 Å². The number of terminal acetylenes is 1. The van der Waals surface area contributed by atoms with Crippen molar-refractivity contribution in [2.45, 2.75) is 56.7 Å². The molecule has 3 heteroatoms. The maximum Gasteiger partial charge on any atom is 0.130 e. The minimum atomic E-state index is -1.01. The Kier molecular flexibility index (Phi) is 3.11. The second kappa shape index (κ2) is 4.75. The predicted molar refractivity (Wildman–Crippen MR) is 87.8 cm³/mol. The van der Waals surface area contributed by atoms with Gasteiger partial charge in [-0.2, -0.15) is 0 Å². The highest BCUT2D eigenvalue weighted by atomic mass is 16.3. The molecule has 1 aromatic carbocycles. The highest BCUT2D eigenvalue weighted by Crippen LogP contribution is 2.65. The van der Waals surface area contributed by atoms with Crippen LogP contribution in [0.2, 0.25) is 0 Å². The van der Waals surface area contributed by atoms with Crippen molar-refractivity contribution in [2.24, 2.45) is 17.3 Å². The van der Waals surface area contributed by atoms with Crippen molar-refractivity contribution in [2.75, 3.05) is 0 Å². The van der Waals surface area contributed by atoms with Crippen molar-refractivity contribution in [1.29, 1.82) is 0 Å². The van der Waals surface area contributed by atoms with E-state index in [2.05, 4.69) is 12.8 Å². The lowest BCUT2D eigenvalue weighted by atomic mass is 9.53. The maximum absolute atomic E-state index is 10.9. The predicted octanol–water partition coefficient (Wildman–Crippen LogP) is 3.10. The fraction of sp³-hybridized carbons (Fsp3) is 0.600. The second-order valence-electron chi connectivity index (χ2n) is 7.94. The van der Waals surface area contributed by atoms with Gasteiger partial charge in [0.2, 0.25) is 0 Å². The molecule has 1 aromatic rings. The fourth-order valence-electron chi connectivity index (χ4n) is 5.83. The van der Waals surface area contributed by atoms with Crippen molar-refractivity contribution in [3.8, 4) is 18.1 Å². The molecule has 2 saturated carbocycles. The summed E-state index contributed by atoms with van der Waals surface area (Å²) in [6.45, 7) is 2.14. The molecule has 3 N–H and O–H groups in total. The number of benzene rings is 1. The SMILES string of the molecule is C#C[C@@]1(O)CCC2C3C[C@@H](O)c4cc(O)ccc4C3CC[C@]21C. The Morgan fingerprint density at radius 3 is 2.74 bits per heavy atom. The topological polar surface area (TPSA) is 60.7 Å². The van der Waals surface area contributed by atoms with Crippen molar-refractivity contribution < 1.29 is 15.3 Å². The Labute approximate surface area is 137 Å². The second-order valence-corrected chi connectivity index (χ2v) is 7.94. The van der Waals surface area contributed by atoms with Crippen LogP contribution >= 0.6 is 0 Å². The number of phenolic OH excluding ortho intramolecular Hbond substituents is 1. The summed E-state index contributed by atoms with van der Waals surface area (Å²) in [5.41, 5.74) is 0.782. The number of hydrogen-bond acceptors (Lipinski definition) is 3. The molecular formula is C20H24O3. The number of phenols is 1. The van der Waals surface area contributed by atoms with Crippen molar-refractivity contribution in [3.05, 3.63) is 29.3 Å². The third kappa shape index (κ3) is 1.86. The van der Waals surface area contributed by atoms with E-state index in [1.54, 1.807) is 12.1 Å². The molecule has 0 amide bonds. The number of hydrogen-bond donors (Lipinski definition) is 3. The molecule has 2 fully saturated rings. The molecule has 0 heterocycles. The first-order valence-corrected chi connectivity index (χ1v) is 8.60. The summed E-state index contributed by atoms with van der Waals surface area (Å²) in [5.74, 6) is 3.98. The molecule has 0 spiro atoms. The lowest BCUT2D eigenvalue weighted by Crippen LogP contribution is -2.50. The Balaban J connectivity index is 1.76. The average molecular weight is 312 g/mol. The molecule has 0 bridgehead atoms. The van der Waals surface area contributed by atoms with Gasteiger partial charge < -0.3 is 15.3 Å². The Hall–Kier alpha value is -1.50. The molecule has 0 saturated heterocycles. The van der Waals surface area contributed by atoms with Gasteiger partial charge >= 0.3 is 0 Å². The molecule has 4 rings (SSSR count). The zero-order valence-electron chi connectivity index (χ0n) is 13.5. The quantitative estimate of drug-likeness (QED) is 0.645. The molecule has 3 aliphatic carbocycles. The van der Waals surface area contributed by atoms with Crippen LogP contribution in [0.15, 0.2) is 18.2 Å². The van der Waals surface area contributed by atoms with Gasteiger partial charge in [0.25, 0.3) is 0 Å². The van der Waals surface area contributed by atoms with Gasteiger partial charge in [0.05, 0.1) is 6.10 Å². The van der Waals surface area contributed by atoms with E-state index in [0.29, 0.717) is 30.6 Å². The summed E-state index contributed by atoms with van der Waals surface area (Å²) in [6.07, 6.45) is 9.31. The van der Waals surface area contributed by atoms with Gasteiger partial charge in [0, 0.05) is 5.41 Å². The summed E-state index contributed by atoms with van der Waals surface area (Å²) in [6, 6.07) is 5.39. The van der Waals surface area contributed by atoms with Crippen LogP contribution in [0.1, 0.15) is 62.2 Å². The number of fused-ring (bicyclic) bond motifs is 5. The molecule has 0 aromatic heterocycles. The van der Waals surface area contributed by atoms with Gasteiger partial charge in [-0.15, -0.1) is 6.42 Å². The van der Waals surface area contributed by atoms with Gasteiger partial charge in [-0.3, -0.25) is 0 Å². The third-order valence-corrected chi connectivity index (χ3v) is 7.15. The van der Waals surface area contributed by atoms with Crippen LogP contribution < -0.4 is 0 Å². The molecule has 6 atom stereocenters. The van der Waals surface area contributed by atoms with Gasteiger partial charge in [-0.1, -0.05) is 18.9 Å². The van der Waals surface area contributed by atoms with Crippen molar-refractivity contribution in [3.63, 3.8) is 0 Å². The minimum Gasteiger partial charge on any atom is -0.508 e. The standard InChI is InChI=1S/C20H24O3/c1-3-20(23)9-7-17-15-11-18(22)16-10-12(21)4-5-13(16)14(15)6-8-19(17,20)2/h1,4-5,10,14-15,17-18,21-23H,6-9,11H2,2H3/t14?,15?,17?,18-,19-,20-/m1/s1. The average Bonchev–Trinajstić information content (AvgIpc) is 2.80. The summed E-state index contributed by atoms with van der Waals surface area (Å²) < 4.78 is 0. The zero-order chi connectivity index (χ0) is 16.4. The molecule has 122 valence electrons. The lowest BCUT2D eigenvalue weighted by molar-refractivity contribution is -0.0729. The molecule has 0 aliphatic heterocycles. The molecule has 3 aliphatic rings. The molecule has 3 unspecified atom stereocenters. The lowest BCUT2D eigenvalue weighted by Gasteiger charge is -2.52. The van der Waals surface area contributed by atoms with Crippen LogP contribution in [-0.4, -0.2) is 20.9 Å². The first-order chi connectivity index (χ1) is 10.9. The highest BCUT2D eigenvalue weighted by molar-refractivity contribution is 5.42. The number of aromatic hydroxyl groups is 1. The van der Waals surface area contributed by atoms with Gasteiger partial charge in [0.1, 0.15) is 11.4 Å². The highest BCUT2D eigenvalue weighted by Gasteiger charge is 2.61. The van der Waals surface area contributed by atoms with Crippen molar-refractivity contribution >= 4 is 0 Å². The van der Waals surface area contributed by atoms with Gasteiger partial charge in [-0.25, -0.2) is 0 Å². The van der Waals surface area contributed by atoms with E-state index in [4.69, 9.17) is 6.42 Å². The molecule has 0 radical (unpaired) electrons. The van der Waals surface area contributed by atoms with E-state index >= 15 is 0 Å². The Morgan fingerprint density at radius 1 is 1.22 bits per heavy atom. The Morgan fingerprint density at radius 2 is 2.00 bits per heavy atom. The van der Waals surface area contributed by atoms with E-state index in [-0.39, 0.29) is 11.2 Å². The number of aliphatic hydroxyl groups excluding tert-OH is 1. The van der Waals surface area contributed by atoms with E-state index < -0.39 is 11.7 Å². The summed E-state index contributed by atoms with van der Waals surface area (Å²) in [4.78, 5) is 0. The van der Waals surface area contributed by atoms with Crippen LogP contribution in [0.3, 0.4) is 0 Å². The number of aliphatic hydroxyl groups is 2. The van der Waals surface area contributed by atoms with Crippen LogP contribution in [-0.2, 0) is 0 Å². The van der Waals surface area contributed by atoms with Crippen LogP contribution in [0, 0.1) is 29.6 Å². The zero-order valence-corrected chi connectivity index (χ0v) is 13.5. The van der Waals surface area contributed by atoms with Crippen LogP contribution in [0.25, 0.3) is 0 Å². The van der Waals surface area contributed by atoms with Gasteiger partial charge in [0.15, 0.2) is 0 Å².